The van der Waals surface area contributed by atoms with Crippen molar-refractivity contribution in [1.29, 1.82) is 0 Å². The highest BCUT2D eigenvalue weighted by Gasteiger charge is 2.12. The number of aromatic nitrogens is 2. The van der Waals surface area contributed by atoms with Gasteiger partial charge in [-0.3, -0.25) is 9.78 Å². The van der Waals surface area contributed by atoms with Crippen LogP contribution < -0.4 is 5.32 Å². The second-order valence-electron chi connectivity index (χ2n) is 4.64. The van der Waals surface area contributed by atoms with Crippen LogP contribution >= 0.6 is 0 Å². The van der Waals surface area contributed by atoms with Gasteiger partial charge in [0.05, 0.1) is 0 Å². The van der Waals surface area contributed by atoms with Crippen LogP contribution in [-0.4, -0.2) is 15.9 Å². The molecule has 1 N–H and O–H groups in total. The highest BCUT2D eigenvalue weighted by molar-refractivity contribution is 6.03. The molecule has 4 nitrogen and oxygen atoms in total. The number of carbonyl (C=O) groups is 1. The van der Waals surface area contributed by atoms with Crippen LogP contribution in [0.5, 0.6) is 0 Å². The summed E-state index contributed by atoms with van der Waals surface area (Å²) < 4.78 is 0. The SMILES string of the molecule is CCCCCc1cccnc1C(=O)Nc1ccccn1. The first-order valence-electron chi connectivity index (χ1n) is 6.97. The molecule has 0 atom stereocenters. The molecule has 0 fully saturated rings. The van der Waals surface area contributed by atoms with Crippen LogP contribution in [0, 0.1) is 0 Å². The molecule has 0 aliphatic heterocycles. The maximum Gasteiger partial charge on any atom is 0.275 e. The van der Waals surface area contributed by atoms with Gasteiger partial charge in [0.2, 0.25) is 0 Å². The summed E-state index contributed by atoms with van der Waals surface area (Å²) in [7, 11) is 0. The van der Waals surface area contributed by atoms with Gasteiger partial charge in [-0.1, -0.05) is 31.9 Å². The van der Waals surface area contributed by atoms with Crippen molar-refractivity contribution in [1.82, 2.24) is 9.97 Å². The number of unbranched alkanes of at least 4 members (excludes halogenated alkanes) is 2. The number of amides is 1. The van der Waals surface area contributed by atoms with Gasteiger partial charge in [-0.2, -0.15) is 0 Å². The molecule has 0 aromatic carbocycles. The van der Waals surface area contributed by atoms with Crippen LogP contribution in [0.15, 0.2) is 42.7 Å². The van der Waals surface area contributed by atoms with Crippen molar-refractivity contribution in [2.45, 2.75) is 32.6 Å². The molecule has 2 rings (SSSR count). The number of nitrogens with one attached hydrogen (secondary N) is 1. The molecule has 0 saturated heterocycles. The summed E-state index contributed by atoms with van der Waals surface area (Å²) in [4.78, 5) is 20.6. The van der Waals surface area contributed by atoms with E-state index >= 15 is 0 Å². The number of hydrogen-bond donors (Lipinski definition) is 1. The van der Waals surface area contributed by atoms with Crippen molar-refractivity contribution in [3.8, 4) is 0 Å². The zero-order valence-electron chi connectivity index (χ0n) is 11.7. The summed E-state index contributed by atoms with van der Waals surface area (Å²) in [6.07, 6.45) is 7.58. The molecule has 104 valence electrons. The van der Waals surface area contributed by atoms with Crippen LogP contribution in [0.25, 0.3) is 0 Å². The van der Waals surface area contributed by atoms with Crippen LogP contribution in [0.3, 0.4) is 0 Å². The molecular weight excluding hydrogens is 250 g/mol. The lowest BCUT2D eigenvalue weighted by atomic mass is 10.1. The fraction of sp³-hybridized carbons (Fsp3) is 0.312. The molecule has 0 saturated carbocycles. The predicted octanol–water partition coefficient (Wildman–Crippen LogP) is 3.46. The summed E-state index contributed by atoms with van der Waals surface area (Å²) >= 11 is 0. The molecule has 0 aliphatic rings. The zero-order valence-corrected chi connectivity index (χ0v) is 11.7. The zero-order chi connectivity index (χ0) is 14.2. The standard InChI is InChI=1S/C16H19N3O/c1-2-3-4-8-13-9-7-12-18-15(13)16(20)19-14-10-5-6-11-17-14/h5-7,9-12H,2-4,8H2,1H3,(H,17,19,20). The normalized spacial score (nSPS) is 10.2. The third-order valence-corrected chi connectivity index (χ3v) is 3.06. The number of carbonyl (C=O) groups excluding carboxylic acids is 1. The molecule has 0 spiro atoms. The number of nitrogens with zero attached hydrogens (tertiary/aromatic N) is 2. The average Bonchev–Trinajstić information content (AvgIpc) is 2.49. The van der Waals surface area contributed by atoms with Gasteiger partial charge in [-0.05, 0) is 36.6 Å². The van der Waals surface area contributed by atoms with Gasteiger partial charge < -0.3 is 5.32 Å². The quantitative estimate of drug-likeness (QED) is 0.817. The molecule has 4 heteroatoms. The largest absolute Gasteiger partial charge is 0.305 e. The summed E-state index contributed by atoms with van der Waals surface area (Å²) in [5.74, 6) is 0.346. The Morgan fingerprint density at radius 2 is 1.95 bits per heavy atom. The smallest absolute Gasteiger partial charge is 0.275 e. The van der Waals surface area contributed by atoms with Gasteiger partial charge in [0.15, 0.2) is 0 Å². The fourth-order valence-corrected chi connectivity index (χ4v) is 2.02. The third kappa shape index (κ3) is 3.88. The molecular formula is C16H19N3O. The summed E-state index contributed by atoms with van der Waals surface area (Å²) in [6, 6.07) is 9.25. The van der Waals surface area contributed by atoms with E-state index in [4.69, 9.17) is 0 Å². The Bertz CT molecular complexity index is 555. The summed E-state index contributed by atoms with van der Waals surface area (Å²) in [6.45, 7) is 2.16. The Kier molecular flexibility index (Phi) is 5.24. The van der Waals surface area contributed by atoms with Crippen LogP contribution in [0.1, 0.15) is 42.2 Å². The van der Waals surface area contributed by atoms with E-state index < -0.39 is 0 Å². The minimum atomic E-state index is -0.198. The second kappa shape index (κ2) is 7.38. The van der Waals surface area contributed by atoms with E-state index in [1.54, 1.807) is 18.5 Å². The van der Waals surface area contributed by atoms with Gasteiger partial charge in [0, 0.05) is 12.4 Å². The van der Waals surface area contributed by atoms with E-state index in [0.717, 1.165) is 31.2 Å². The molecule has 2 heterocycles. The molecule has 0 radical (unpaired) electrons. The fourth-order valence-electron chi connectivity index (χ4n) is 2.02. The van der Waals surface area contributed by atoms with Crippen molar-refractivity contribution in [3.63, 3.8) is 0 Å². The van der Waals surface area contributed by atoms with Crippen molar-refractivity contribution < 1.29 is 4.79 Å². The Balaban J connectivity index is 2.09. The molecule has 0 aliphatic carbocycles. The first kappa shape index (κ1) is 14.2. The van der Waals surface area contributed by atoms with E-state index in [9.17, 15) is 4.79 Å². The monoisotopic (exact) mass is 269 g/mol. The first-order valence-corrected chi connectivity index (χ1v) is 6.97. The van der Waals surface area contributed by atoms with Gasteiger partial charge in [-0.25, -0.2) is 4.98 Å². The van der Waals surface area contributed by atoms with Gasteiger partial charge >= 0.3 is 0 Å². The highest BCUT2D eigenvalue weighted by Crippen LogP contribution is 2.12. The molecule has 2 aromatic rings. The third-order valence-electron chi connectivity index (χ3n) is 3.06. The Morgan fingerprint density at radius 3 is 2.70 bits per heavy atom. The molecule has 0 bridgehead atoms. The van der Waals surface area contributed by atoms with E-state index in [-0.39, 0.29) is 5.91 Å². The number of anilines is 1. The highest BCUT2D eigenvalue weighted by atomic mass is 16.1. The lowest BCUT2D eigenvalue weighted by Crippen LogP contribution is -2.16. The molecule has 1 amide bonds. The lowest BCUT2D eigenvalue weighted by molar-refractivity contribution is 0.102. The first-order chi connectivity index (χ1) is 9.81. The average molecular weight is 269 g/mol. The van der Waals surface area contributed by atoms with Crippen molar-refractivity contribution >= 4 is 11.7 Å². The number of hydrogen-bond acceptors (Lipinski definition) is 3. The predicted molar refractivity (Wildman–Crippen MR) is 79.7 cm³/mol. The number of pyridine rings is 2. The molecule has 2 aromatic heterocycles. The Labute approximate surface area is 119 Å². The van der Waals surface area contributed by atoms with E-state index in [0.29, 0.717) is 11.5 Å². The molecule has 0 unspecified atom stereocenters. The maximum absolute atomic E-state index is 12.3. The lowest BCUT2D eigenvalue weighted by Gasteiger charge is -2.08. The van der Waals surface area contributed by atoms with Crippen molar-refractivity contribution in [2.75, 3.05) is 5.32 Å². The molecule has 20 heavy (non-hydrogen) atoms. The topological polar surface area (TPSA) is 54.9 Å². The minimum Gasteiger partial charge on any atom is -0.305 e. The Hall–Kier alpha value is -2.23. The van der Waals surface area contributed by atoms with E-state index in [1.165, 1.54) is 0 Å². The maximum atomic E-state index is 12.3. The van der Waals surface area contributed by atoms with Crippen LogP contribution in [0.4, 0.5) is 5.82 Å². The van der Waals surface area contributed by atoms with Crippen LogP contribution in [-0.2, 0) is 6.42 Å². The van der Waals surface area contributed by atoms with Crippen molar-refractivity contribution in [3.05, 3.63) is 54.0 Å². The van der Waals surface area contributed by atoms with Gasteiger partial charge in [0.25, 0.3) is 5.91 Å². The summed E-state index contributed by atoms with van der Waals surface area (Å²) in [5, 5.41) is 2.78. The van der Waals surface area contributed by atoms with E-state index in [1.807, 2.05) is 24.3 Å². The van der Waals surface area contributed by atoms with Gasteiger partial charge in [0.1, 0.15) is 11.5 Å². The van der Waals surface area contributed by atoms with E-state index in [2.05, 4.69) is 22.2 Å². The minimum absolute atomic E-state index is 0.198. The Morgan fingerprint density at radius 1 is 1.10 bits per heavy atom. The second-order valence-corrected chi connectivity index (χ2v) is 4.64. The summed E-state index contributed by atoms with van der Waals surface area (Å²) in [5.41, 5.74) is 1.49. The number of rotatable bonds is 6. The van der Waals surface area contributed by atoms with Gasteiger partial charge in [-0.15, -0.1) is 0 Å². The number of aryl methyl sites for hydroxylation is 1. The van der Waals surface area contributed by atoms with Crippen LogP contribution in [0.2, 0.25) is 0 Å². The van der Waals surface area contributed by atoms with Crippen molar-refractivity contribution in [2.24, 2.45) is 0 Å².